The van der Waals surface area contributed by atoms with Crippen LogP contribution in [0.1, 0.15) is 29.9 Å². The molecule has 0 aliphatic heterocycles. The maximum Gasteiger partial charge on any atom is 0.265 e. The van der Waals surface area contributed by atoms with Crippen molar-refractivity contribution in [3.63, 3.8) is 0 Å². The lowest BCUT2D eigenvalue weighted by Gasteiger charge is -2.08. The second-order valence-corrected chi connectivity index (χ2v) is 5.97. The maximum absolute atomic E-state index is 12.3. The van der Waals surface area contributed by atoms with Crippen LogP contribution in [0.25, 0.3) is 11.3 Å². The summed E-state index contributed by atoms with van der Waals surface area (Å²) in [6.07, 6.45) is 0.973. The number of carbonyl (C=O) groups is 1. The van der Waals surface area contributed by atoms with Gasteiger partial charge in [-0.1, -0.05) is 16.6 Å². The van der Waals surface area contributed by atoms with E-state index in [0.29, 0.717) is 29.5 Å². The van der Waals surface area contributed by atoms with Crippen LogP contribution in [-0.4, -0.2) is 41.9 Å². The standard InChI is InChI=1S/C16H21N3O3S/c1-11(2)22-9-5-8-17-16(20)15-14(18-19-23-15)12-6-4-7-13(10-12)21-3/h4,6-7,10-11H,5,8-9H2,1-3H3,(H,17,20). The minimum Gasteiger partial charge on any atom is -0.497 e. The SMILES string of the molecule is COc1cccc(-c2nnsc2C(=O)NCCCOC(C)C)c1. The molecule has 0 radical (unpaired) electrons. The molecule has 2 aromatic rings. The fourth-order valence-electron chi connectivity index (χ4n) is 1.97. The number of amides is 1. The molecule has 124 valence electrons. The lowest BCUT2D eigenvalue weighted by atomic mass is 10.1. The van der Waals surface area contributed by atoms with Gasteiger partial charge in [-0.2, -0.15) is 0 Å². The van der Waals surface area contributed by atoms with Crippen molar-refractivity contribution in [1.82, 2.24) is 14.9 Å². The number of benzene rings is 1. The van der Waals surface area contributed by atoms with Crippen molar-refractivity contribution in [2.75, 3.05) is 20.3 Å². The van der Waals surface area contributed by atoms with Crippen molar-refractivity contribution >= 4 is 17.4 Å². The van der Waals surface area contributed by atoms with Crippen LogP contribution in [-0.2, 0) is 4.74 Å². The molecule has 1 aromatic carbocycles. The van der Waals surface area contributed by atoms with Crippen LogP contribution in [0.2, 0.25) is 0 Å². The lowest BCUT2D eigenvalue weighted by molar-refractivity contribution is 0.0757. The normalized spacial score (nSPS) is 10.8. The Morgan fingerprint density at radius 1 is 1.39 bits per heavy atom. The van der Waals surface area contributed by atoms with E-state index in [4.69, 9.17) is 9.47 Å². The van der Waals surface area contributed by atoms with Gasteiger partial charge in [0.05, 0.1) is 13.2 Å². The van der Waals surface area contributed by atoms with Crippen molar-refractivity contribution in [1.29, 1.82) is 0 Å². The van der Waals surface area contributed by atoms with Crippen molar-refractivity contribution in [3.8, 4) is 17.0 Å². The monoisotopic (exact) mass is 335 g/mol. The molecule has 7 heteroatoms. The molecule has 2 rings (SSSR count). The molecule has 1 amide bonds. The number of hydrogen-bond acceptors (Lipinski definition) is 6. The number of rotatable bonds is 8. The Morgan fingerprint density at radius 3 is 2.96 bits per heavy atom. The average Bonchev–Trinajstić information content (AvgIpc) is 3.04. The van der Waals surface area contributed by atoms with Gasteiger partial charge in [0.2, 0.25) is 0 Å². The van der Waals surface area contributed by atoms with E-state index in [2.05, 4.69) is 14.9 Å². The topological polar surface area (TPSA) is 73.3 Å². The van der Waals surface area contributed by atoms with Gasteiger partial charge >= 0.3 is 0 Å². The van der Waals surface area contributed by atoms with E-state index >= 15 is 0 Å². The molecule has 0 fully saturated rings. The highest BCUT2D eigenvalue weighted by Crippen LogP contribution is 2.26. The van der Waals surface area contributed by atoms with Gasteiger partial charge in [0, 0.05) is 18.7 Å². The first-order valence-corrected chi connectivity index (χ1v) is 8.25. The zero-order valence-electron chi connectivity index (χ0n) is 13.5. The van der Waals surface area contributed by atoms with Crippen LogP contribution in [0.3, 0.4) is 0 Å². The van der Waals surface area contributed by atoms with E-state index in [1.807, 2.05) is 38.1 Å². The number of aromatic nitrogens is 2. The Balaban J connectivity index is 1.98. The second-order valence-electron chi connectivity index (χ2n) is 5.21. The Bertz CT molecular complexity index is 643. The van der Waals surface area contributed by atoms with E-state index in [1.165, 1.54) is 0 Å². The minimum atomic E-state index is -0.164. The zero-order valence-corrected chi connectivity index (χ0v) is 14.4. The van der Waals surface area contributed by atoms with Gasteiger partial charge in [0.15, 0.2) is 0 Å². The molecule has 0 atom stereocenters. The third-order valence-electron chi connectivity index (χ3n) is 3.10. The Hall–Kier alpha value is -1.99. The van der Waals surface area contributed by atoms with Gasteiger partial charge in [0.25, 0.3) is 5.91 Å². The van der Waals surface area contributed by atoms with E-state index in [-0.39, 0.29) is 12.0 Å². The van der Waals surface area contributed by atoms with Crippen LogP contribution in [0.5, 0.6) is 5.75 Å². The first kappa shape index (κ1) is 17.4. The molecule has 23 heavy (non-hydrogen) atoms. The largest absolute Gasteiger partial charge is 0.497 e. The van der Waals surface area contributed by atoms with Gasteiger partial charge in [-0.25, -0.2) is 0 Å². The van der Waals surface area contributed by atoms with Gasteiger partial charge in [-0.3, -0.25) is 4.79 Å². The number of hydrogen-bond donors (Lipinski definition) is 1. The van der Waals surface area contributed by atoms with Gasteiger partial charge in [-0.15, -0.1) is 5.10 Å². The van der Waals surface area contributed by atoms with Crippen molar-refractivity contribution in [3.05, 3.63) is 29.1 Å². The summed E-state index contributed by atoms with van der Waals surface area (Å²) in [6, 6.07) is 7.42. The molecule has 0 saturated heterocycles. The van der Waals surface area contributed by atoms with Crippen LogP contribution in [0.15, 0.2) is 24.3 Å². The number of carbonyl (C=O) groups excluding carboxylic acids is 1. The number of nitrogens with zero attached hydrogens (tertiary/aromatic N) is 2. The first-order valence-electron chi connectivity index (χ1n) is 7.48. The van der Waals surface area contributed by atoms with E-state index < -0.39 is 0 Å². The van der Waals surface area contributed by atoms with Gasteiger partial charge in [-0.05, 0) is 43.9 Å². The van der Waals surface area contributed by atoms with Crippen molar-refractivity contribution < 1.29 is 14.3 Å². The lowest BCUT2D eigenvalue weighted by Crippen LogP contribution is -2.25. The van der Waals surface area contributed by atoms with Gasteiger partial charge in [0.1, 0.15) is 16.3 Å². The summed E-state index contributed by atoms with van der Waals surface area (Å²) in [5, 5.41) is 6.96. The fourth-order valence-corrected chi connectivity index (χ4v) is 2.58. The maximum atomic E-state index is 12.3. The average molecular weight is 335 g/mol. The van der Waals surface area contributed by atoms with Crippen molar-refractivity contribution in [2.24, 2.45) is 0 Å². The molecule has 0 aliphatic rings. The molecule has 0 aliphatic carbocycles. The van der Waals surface area contributed by atoms with E-state index in [0.717, 1.165) is 23.5 Å². The summed E-state index contributed by atoms with van der Waals surface area (Å²) >= 11 is 1.09. The number of nitrogens with one attached hydrogen (secondary N) is 1. The smallest absolute Gasteiger partial charge is 0.265 e. The van der Waals surface area contributed by atoms with Crippen LogP contribution < -0.4 is 10.1 Å². The zero-order chi connectivity index (χ0) is 16.7. The second kappa shape index (κ2) is 8.59. The quantitative estimate of drug-likeness (QED) is 0.751. The summed E-state index contributed by atoms with van der Waals surface area (Å²) < 4.78 is 14.6. The summed E-state index contributed by atoms with van der Waals surface area (Å²) in [4.78, 5) is 12.8. The third kappa shape index (κ3) is 5.01. The molecular formula is C16H21N3O3S. The van der Waals surface area contributed by atoms with Crippen LogP contribution >= 0.6 is 11.5 Å². The molecule has 1 heterocycles. The number of methoxy groups -OCH3 is 1. The predicted molar refractivity (Wildman–Crippen MR) is 89.9 cm³/mol. The molecule has 1 N–H and O–H groups in total. The summed E-state index contributed by atoms with van der Waals surface area (Å²) in [5.74, 6) is 0.551. The Morgan fingerprint density at radius 2 is 2.22 bits per heavy atom. The number of ether oxygens (including phenoxy) is 2. The van der Waals surface area contributed by atoms with E-state index in [1.54, 1.807) is 7.11 Å². The van der Waals surface area contributed by atoms with Crippen LogP contribution in [0.4, 0.5) is 0 Å². The Labute approximate surface area is 140 Å². The molecule has 0 bridgehead atoms. The third-order valence-corrected chi connectivity index (χ3v) is 3.82. The summed E-state index contributed by atoms with van der Waals surface area (Å²) in [5.41, 5.74) is 1.39. The first-order chi connectivity index (χ1) is 11.1. The van der Waals surface area contributed by atoms with Gasteiger partial charge < -0.3 is 14.8 Å². The fraction of sp³-hybridized carbons (Fsp3) is 0.438. The summed E-state index contributed by atoms with van der Waals surface area (Å²) in [6.45, 7) is 5.16. The molecule has 0 spiro atoms. The molecular weight excluding hydrogens is 314 g/mol. The highest BCUT2D eigenvalue weighted by Gasteiger charge is 2.17. The molecule has 6 nitrogen and oxygen atoms in total. The van der Waals surface area contributed by atoms with E-state index in [9.17, 15) is 4.79 Å². The molecule has 0 saturated carbocycles. The molecule has 1 aromatic heterocycles. The summed E-state index contributed by atoms with van der Waals surface area (Å²) in [7, 11) is 1.60. The van der Waals surface area contributed by atoms with Crippen LogP contribution in [0, 0.1) is 0 Å². The minimum absolute atomic E-state index is 0.164. The predicted octanol–water partition coefficient (Wildman–Crippen LogP) is 2.76. The molecule has 0 unspecified atom stereocenters. The Kier molecular flexibility index (Phi) is 6.49. The van der Waals surface area contributed by atoms with Crippen molar-refractivity contribution in [2.45, 2.75) is 26.4 Å². The highest BCUT2D eigenvalue weighted by atomic mass is 32.1. The highest BCUT2D eigenvalue weighted by molar-refractivity contribution is 7.08.